The molecule has 0 aromatic heterocycles. The molecule has 0 amide bonds. The van der Waals surface area contributed by atoms with Gasteiger partial charge < -0.3 is 10.0 Å². The quantitative estimate of drug-likeness (QED) is 0.818. The smallest absolute Gasteiger partial charge is 0.311 e. The van der Waals surface area contributed by atoms with Crippen molar-refractivity contribution in [1.82, 2.24) is 4.90 Å². The first-order valence-electron chi connectivity index (χ1n) is 7.29. The van der Waals surface area contributed by atoms with Gasteiger partial charge in [-0.05, 0) is 31.0 Å². The molecule has 3 nitrogen and oxygen atoms in total. The lowest BCUT2D eigenvalue weighted by molar-refractivity contribution is -0.150. The molecule has 0 aliphatic carbocycles. The van der Waals surface area contributed by atoms with Crippen molar-refractivity contribution in [3.8, 4) is 0 Å². The lowest BCUT2D eigenvalue weighted by Crippen LogP contribution is -2.39. The van der Waals surface area contributed by atoms with Gasteiger partial charge in [0.15, 0.2) is 0 Å². The fourth-order valence-corrected chi connectivity index (χ4v) is 3.79. The highest BCUT2D eigenvalue weighted by molar-refractivity contribution is 7.99. The van der Waals surface area contributed by atoms with Crippen LogP contribution in [0.3, 0.4) is 0 Å². The molecular formula is C16H22FNO2S. The largest absolute Gasteiger partial charge is 0.481 e. The van der Waals surface area contributed by atoms with Crippen LogP contribution in [0, 0.1) is 17.2 Å². The first kappa shape index (κ1) is 16.3. The third-order valence-corrected chi connectivity index (χ3v) is 5.44. The Morgan fingerprint density at radius 2 is 2.19 bits per heavy atom. The highest BCUT2D eigenvalue weighted by atomic mass is 32.2. The van der Waals surface area contributed by atoms with Crippen LogP contribution in [0.1, 0.15) is 20.3 Å². The summed E-state index contributed by atoms with van der Waals surface area (Å²) in [4.78, 5) is 14.4. The summed E-state index contributed by atoms with van der Waals surface area (Å²) in [6, 6.07) is 6.76. The maximum Gasteiger partial charge on any atom is 0.311 e. The fraction of sp³-hybridized carbons (Fsp3) is 0.562. The summed E-state index contributed by atoms with van der Waals surface area (Å²) in [5.41, 5.74) is -0.622. The van der Waals surface area contributed by atoms with Crippen LogP contribution >= 0.6 is 11.8 Å². The normalized spacial score (nSPS) is 22.9. The SMILES string of the molecule is CC(C)C1(C(=O)O)CCN(CCSc2ccccc2F)C1. The number of carboxylic acids is 1. The van der Waals surface area contributed by atoms with Crippen molar-refractivity contribution in [2.24, 2.45) is 11.3 Å². The second-order valence-electron chi connectivity index (χ2n) is 5.92. The lowest BCUT2D eigenvalue weighted by atomic mass is 9.76. The van der Waals surface area contributed by atoms with Crippen LogP contribution < -0.4 is 0 Å². The molecule has 1 N–H and O–H groups in total. The van der Waals surface area contributed by atoms with E-state index in [1.807, 2.05) is 19.9 Å². The molecule has 1 aliphatic rings. The monoisotopic (exact) mass is 311 g/mol. The molecule has 1 unspecified atom stereocenters. The molecule has 2 rings (SSSR count). The van der Waals surface area contributed by atoms with Gasteiger partial charge in [0.25, 0.3) is 0 Å². The van der Waals surface area contributed by atoms with Crippen LogP contribution in [0.4, 0.5) is 4.39 Å². The molecule has 1 saturated heterocycles. The molecule has 1 heterocycles. The number of nitrogens with zero attached hydrogens (tertiary/aromatic N) is 1. The summed E-state index contributed by atoms with van der Waals surface area (Å²) < 4.78 is 13.5. The number of hydrogen-bond acceptors (Lipinski definition) is 3. The summed E-state index contributed by atoms with van der Waals surface area (Å²) in [5.74, 6) is 0.0151. The van der Waals surface area contributed by atoms with Crippen molar-refractivity contribution >= 4 is 17.7 Å². The van der Waals surface area contributed by atoms with Crippen molar-refractivity contribution in [3.63, 3.8) is 0 Å². The summed E-state index contributed by atoms with van der Waals surface area (Å²) >= 11 is 1.49. The predicted molar refractivity (Wildman–Crippen MR) is 83.1 cm³/mol. The van der Waals surface area contributed by atoms with E-state index in [0.29, 0.717) is 17.9 Å². The van der Waals surface area contributed by atoms with Crippen LogP contribution in [-0.4, -0.2) is 41.4 Å². The first-order valence-corrected chi connectivity index (χ1v) is 8.27. The molecule has 1 aromatic carbocycles. The maximum absolute atomic E-state index is 13.5. The van der Waals surface area contributed by atoms with Gasteiger partial charge in [0.05, 0.1) is 5.41 Å². The number of hydrogen-bond donors (Lipinski definition) is 1. The van der Waals surface area contributed by atoms with Crippen LogP contribution in [-0.2, 0) is 4.79 Å². The molecule has 21 heavy (non-hydrogen) atoms. The molecule has 1 aromatic rings. The molecule has 1 aliphatic heterocycles. The van der Waals surface area contributed by atoms with Gasteiger partial charge in [0, 0.05) is 23.7 Å². The average molecular weight is 311 g/mol. The molecule has 0 radical (unpaired) electrons. The van der Waals surface area contributed by atoms with E-state index in [4.69, 9.17) is 0 Å². The highest BCUT2D eigenvalue weighted by Gasteiger charge is 2.46. The van der Waals surface area contributed by atoms with Crippen molar-refractivity contribution in [2.75, 3.05) is 25.4 Å². The zero-order valence-corrected chi connectivity index (χ0v) is 13.3. The zero-order chi connectivity index (χ0) is 15.5. The summed E-state index contributed by atoms with van der Waals surface area (Å²) in [7, 11) is 0. The Morgan fingerprint density at radius 1 is 1.48 bits per heavy atom. The predicted octanol–water partition coefficient (Wildman–Crippen LogP) is 3.35. The zero-order valence-electron chi connectivity index (χ0n) is 12.5. The van der Waals surface area contributed by atoms with Crippen LogP contribution in [0.15, 0.2) is 29.2 Å². The van der Waals surface area contributed by atoms with E-state index in [0.717, 1.165) is 18.8 Å². The molecule has 1 atom stereocenters. The molecular weight excluding hydrogens is 289 g/mol. The van der Waals surface area contributed by atoms with Gasteiger partial charge in [0.1, 0.15) is 5.82 Å². The minimum absolute atomic E-state index is 0.124. The number of carboxylic acid groups (broad SMARTS) is 1. The van der Waals surface area contributed by atoms with Crippen LogP contribution in [0.2, 0.25) is 0 Å². The van der Waals surface area contributed by atoms with Gasteiger partial charge in [-0.15, -0.1) is 11.8 Å². The minimum atomic E-state index is -0.693. The Morgan fingerprint density at radius 3 is 2.76 bits per heavy atom. The summed E-state index contributed by atoms with van der Waals surface area (Å²) in [5, 5.41) is 9.51. The molecule has 5 heteroatoms. The first-order chi connectivity index (χ1) is 9.95. The van der Waals surface area contributed by atoms with E-state index in [9.17, 15) is 14.3 Å². The lowest BCUT2D eigenvalue weighted by Gasteiger charge is -2.28. The second kappa shape index (κ2) is 6.79. The van der Waals surface area contributed by atoms with Crippen molar-refractivity contribution in [3.05, 3.63) is 30.1 Å². The average Bonchev–Trinajstić information content (AvgIpc) is 2.87. The third kappa shape index (κ3) is 3.58. The number of carbonyl (C=O) groups is 1. The Bertz CT molecular complexity index is 509. The number of aliphatic carboxylic acids is 1. The van der Waals surface area contributed by atoms with E-state index in [1.165, 1.54) is 17.8 Å². The van der Waals surface area contributed by atoms with Gasteiger partial charge in [-0.1, -0.05) is 26.0 Å². The van der Waals surface area contributed by atoms with Gasteiger partial charge in [-0.2, -0.15) is 0 Å². The van der Waals surface area contributed by atoms with E-state index < -0.39 is 11.4 Å². The van der Waals surface area contributed by atoms with Crippen molar-refractivity contribution < 1.29 is 14.3 Å². The number of likely N-dealkylation sites (tertiary alicyclic amines) is 1. The molecule has 0 bridgehead atoms. The van der Waals surface area contributed by atoms with Crippen LogP contribution in [0.25, 0.3) is 0 Å². The number of benzene rings is 1. The fourth-order valence-electron chi connectivity index (χ4n) is 2.84. The molecule has 0 saturated carbocycles. The van der Waals surface area contributed by atoms with E-state index in [1.54, 1.807) is 12.1 Å². The van der Waals surface area contributed by atoms with Crippen molar-refractivity contribution in [1.29, 1.82) is 0 Å². The van der Waals surface area contributed by atoms with Gasteiger partial charge >= 0.3 is 5.97 Å². The van der Waals surface area contributed by atoms with Crippen LogP contribution in [0.5, 0.6) is 0 Å². The Balaban J connectivity index is 1.86. The Labute approximate surface area is 129 Å². The van der Waals surface area contributed by atoms with Crippen molar-refractivity contribution in [2.45, 2.75) is 25.2 Å². The third-order valence-electron chi connectivity index (χ3n) is 4.41. The minimum Gasteiger partial charge on any atom is -0.481 e. The van der Waals surface area contributed by atoms with Gasteiger partial charge in [-0.3, -0.25) is 4.79 Å². The number of halogens is 1. The molecule has 0 spiro atoms. The van der Waals surface area contributed by atoms with Gasteiger partial charge in [0.2, 0.25) is 0 Å². The van der Waals surface area contributed by atoms with E-state index in [2.05, 4.69) is 4.90 Å². The van der Waals surface area contributed by atoms with E-state index >= 15 is 0 Å². The Hall–Kier alpha value is -1.07. The standard InChI is InChI=1S/C16H22FNO2S/c1-12(2)16(15(19)20)7-8-18(11-16)9-10-21-14-6-4-3-5-13(14)17/h3-6,12H,7-11H2,1-2H3,(H,19,20). The summed E-state index contributed by atoms with van der Waals surface area (Å²) in [6.07, 6.45) is 0.699. The Kier molecular flexibility index (Phi) is 5.27. The topological polar surface area (TPSA) is 40.5 Å². The van der Waals surface area contributed by atoms with Gasteiger partial charge in [-0.25, -0.2) is 4.39 Å². The highest BCUT2D eigenvalue weighted by Crippen LogP contribution is 2.38. The maximum atomic E-state index is 13.5. The molecule has 116 valence electrons. The van der Waals surface area contributed by atoms with E-state index in [-0.39, 0.29) is 11.7 Å². The second-order valence-corrected chi connectivity index (χ2v) is 7.06. The molecule has 1 fully saturated rings. The number of rotatable bonds is 6. The number of thioether (sulfide) groups is 1. The summed E-state index contributed by atoms with van der Waals surface area (Å²) in [6.45, 7) is 6.15.